The number of nitrogens with zero attached hydrogens (tertiary/aromatic N) is 3. The molecule has 1 unspecified atom stereocenters. The monoisotopic (exact) mass is 519 g/mol. The fourth-order valence-corrected chi connectivity index (χ4v) is 5.66. The first-order valence-electron chi connectivity index (χ1n) is 12.2. The van der Waals surface area contributed by atoms with Gasteiger partial charge < -0.3 is 20.7 Å². The van der Waals surface area contributed by atoms with Crippen molar-refractivity contribution in [1.82, 2.24) is 10.3 Å². The summed E-state index contributed by atoms with van der Waals surface area (Å²) in [7, 11) is 0. The number of amides is 1. The number of hydrogen-bond acceptors (Lipinski definition) is 6. The second kappa shape index (κ2) is 9.60. The summed E-state index contributed by atoms with van der Waals surface area (Å²) in [5, 5.41) is 3.50. The Morgan fingerprint density at radius 3 is 2.53 bits per heavy atom. The van der Waals surface area contributed by atoms with Crippen LogP contribution in [-0.4, -0.2) is 40.7 Å². The Morgan fingerprint density at radius 1 is 1.14 bits per heavy atom. The van der Waals surface area contributed by atoms with Gasteiger partial charge in [-0.2, -0.15) is 13.2 Å². The van der Waals surface area contributed by atoms with Crippen LogP contribution in [0.2, 0.25) is 0 Å². The minimum atomic E-state index is -4.65. The van der Waals surface area contributed by atoms with E-state index in [4.69, 9.17) is 22.7 Å². The van der Waals surface area contributed by atoms with Crippen molar-refractivity contribution in [1.29, 1.82) is 0 Å². The zero-order chi connectivity index (χ0) is 25.5. The number of rotatable bonds is 5. The summed E-state index contributed by atoms with van der Waals surface area (Å²) >= 11 is 5.69. The van der Waals surface area contributed by atoms with Crippen molar-refractivity contribution >= 4 is 34.6 Å². The van der Waals surface area contributed by atoms with Gasteiger partial charge in [-0.05, 0) is 94.2 Å². The minimum Gasteiger partial charge on any atom is -0.490 e. The summed E-state index contributed by atoms with van der Waals surface area (Å²) in [6, 6.07) is 8.33. The molecule has 36 heavy (non-hydrogen) atoms. The van der Waals surface area contributed by atoms with Crippen LogP contribution in [0.5, 0.6) is 5.75 Å². The zero-order valence-electron chi connectivity index (χ0n) is 19.7. The molecule has 2 aliphatic heterocycles. The Labute approximate surface area is 212 Å². The first kappa shape index (κ1) is 24.9. The Morgan fingerprint density at radius 2 is 1.89 bits per heavy atom. The molecule has 11 heteroatoms. The van der Waals surface area contributed by atoms with Gasteiger partial charge in [-0.25, -0.2) is 0 Å². The smallest absolute Gasteiger partial charge is 0.418 e. The highest BCUT2D eigenvalue weighted by Crippen LogP contribution is 2.48. The van der Waals surface area contributed by atoms with E-state index >= 15 is 0 Å². The third-order valence-corrected chi connectivity index (χ3v) is 7.59. The second-order valence-corrected chi connectivity index (χ2v) is 9.81. The number of nitrogens with two attached hydrogens (primary N) is 1. The molecule has 5 rings (SSSR count). The maximum absolute atomic E-state index is 13.6. The molecule has 7 nitrogen and oxygen atoms in total. The number of aromatic nitrogens is 1. The molecule has 1 saturated carbocycles. The average molecular weight is 520 g/mol. The topological polar surface area (TPSA) is 83.7 Å². The van der Waals surface area contributed by atoms with Gasteiger partial charge in [0.15, 0.2) is 5.11 Å². The molecule has 2 saturated heterocycles. The van der Waals surface area contributed by atoms with E-state index < -0.39 is 17.3 Å². The van der Waals surface area contributed by atoms with E-state index in [-0.39, 0.29) is 35.0 Å². The van der Waals surface area contributed by atoms with Crippen LogP contribution in [0.4, 0.5) is 24.5 Å². The third-order valence-electron chi connectivity index (χ3n) is 7.23. The van der Waals surface area contributed by atoms with E-state index in [9.17, 15) is 18.0 Å². The van der Waals surface area contributed by atoms with Crippen LogP contribution >= 0.6 is 12.2 Å². The van der Waals surface area contributed by atoms with E-state index in [1.54, 1.807) is 4.90 Å². The maximum atomic E-state index is 13.6. The molecule has 1 atom stereocenters. The molecule has 3 fully saturated rings. The van der Waals surface area contributed by atoms with E-state index in [0.29, 0.717) is 18.5 Å². The van der Waals surface area contributed by atoms with Crippen molar-refractivity contribution in [2.45, 2.75) is 62.9 Å². The maximum Gasteiger partial charge on any atom is 0.418 e. The Bertz CT molecular complexity index is 1150. The summed E-state index contributed by atoms with van der Waals surface area (Å²) in [4.78, 5) is 20.5. The fraction of sp³-hybridized carbons (Fsp3) is 0.480. The van der Waals surface area contributed by atoms with Crippen LogP contribution in [0.25, 0.3) is 0 Å². The van der Waals surface area contributed by atoms with Gasteiger partial charge in [0.25, 0.3) is 5.91 Å². The van der Waals surface area contributed by atoms with E-state index in [2.05, 4.69) is 10.3 Å². The lowest BCUT2D eigenvalue weighted by Gasteiger charge is -2.43. The van der Waals surface area contributed by atoms with Crippen LogP contribution in [0.1, 0.15) is 49.8 Å². The Kier molecular flexibility index (Phi) is 6.65. The first-order chi connectivity index (χ1) is 17.2. The lowest BCUT2D eigenvalue weighted by Crippen LogP contribution is -2.55. The van der Waals surface area contributed by atoms with Crippen LogP contribution in [0.15, 0.2) is 36.5 Å². The summed E-state index contributed by atoms with van der Waals surface area (Å²) in [6.45, 7) is 1.55. The summed E-state index contributed by atoms with van der Waals surface area (Å²) in [5.41, 5.74) is 4.01. The largest absolute Gasteiger partial charge is 0.490 e. The van der Waals surface area contributed by atoms with Gasteiger partial charge in [-0.15, -0.1) is 0 Å². The first-order valence-corrected chi connectivity index (χ1v) is 12.6. The van der Waals surface area contributed by atoms with Gasteiger partial charge in [0.2, 0.25) is 0 Å². The molecule has 0 bridgehead atoms. The molecule has 1 aromatic heterocycles. The highest BCUT2D eigenvalue weighted by atomic mass is 32.1. The number of anilines is 2. The van der Waals surface area contributed by atoms with Crippen molar-refractivity contribution in [3.63, 3.8) is 0 Å². The number of nitrogens with one attached hydrogen (secondary N) is 1. The minimum absolute atomic E-state index is 0.00905. The molecule has 3 aliphatic rings. The molecule has 3 N–H and O–H groups in total. The fourth-order valence-electron chi connectivity index (χ4n) is 5.19. The van der Waals surface area contributed by atoms with Gasteiger partial charge in [0.05, 0.1) is 29.2 Å². The van der Waals surface area contributed by atoms with Crippen molar-refractivity contribution in [3.05, 3.63) is 47.8 Å². The highest BCUT2D eigenvalue weighted by molar-refractivity contribution is 7.81. The van der Waals surface area contributed by atoms with Crippen LogP contribution in [0, 0.1) is 0 Å². The SMILES string of the molecule is NCc1ncc(N2C(=O)C3(CCC3)N(c3ccc(OC4CCCNCC4)cc3)C2=S)cc1C(F)(F)F. The van der Waals surface area contributed by atoms with Crippen molar-refractivity contribution in [3.8, 4) is 5.75 Å². The number of halogens is 3. The summed E-state index contributed by atoms with van der Waals surface area (Å²) < 4.78 is 47.1. The predicted octanol–water partition coefficient (Wildman–Crippen LogP) is 4.14. The third kappa shape index (κ3) is 4.33. The number of benzene rings is 1. The summed E-state index contributed by atoms with van der Waals surface area (Å²) in [5.74, 6) is 0.401. The zero-order valence-corrected chi connectivity index (χ0v) is 20.5. The molecule has 0 radical (unpaired) electrons. The highest BCUT2D eigenvalue weighted by Gasteiger charge is 2.59. The van der Waals surface area contributed by atoms with Crippen molar-refractivity contribution < 1.29 is 22.7 Å². The number of carbonyl (C=O) groups excluding carboxylic acids is 1. The van der Waals surface area contributed by atoms with Gasteiger partial charge >= 0.3 is 6.18 Å². The number of thiocarbonyl (C=S) groups is 1. The molecule has 3 heterocycles. The molecule has 1 amide bonds. The quantitative estimate of drug-likeness (QED) is 0.575. The average Bonchev–Trinajstić information content (AvgIpc) is 2.96. The molecule has 1 aliphatic carbocycles. The van der Waals surface area contributed by atoms with Crippen molar-refractivity contribution in [2.75, 3.05) is 22.9 Å². The van der Waals surface area contributed by atoms with Crippen LogP contribution in [0.3, 0.4) is 0 Å². The van der Waals surface area contributed by atoms with E-state index in [0.717, 1.165) is 50.6 Å². The molecular weight excluding hydrogens is 491 g/mol. The molecule has 1 spiro atoms. The van der Waals surface area contributed by atoms with Gasteiger partial charge in [0, 0.05) is 12.2 Å². The standard InChI is InChI=1S/C25H28F3N5O2S/c26-25(27,28)20-13-17(15-31-21(20)14-29)32-22(34)24(9-2-10-24)33(23(32)36)16-4-6-19(7-5-16)35-18-3-1-11-30-12-8-18/h4-7,13,15,18,30H,1-3,8-12,14,29H2. The van der Waals surface area contributed by atoms with E-state index in [1.807, 2.05) is 24.3 Å². The summed E-state index contributed by atoms with van der Waals surface area (Å²) in [6.07, 6.45) is 1.65. The van der Waals surface area contributed by atoms with Crippen LogP contribution in [-0.2, 0) is 17.5 Å². The van der Waals surface area contributed by atoms with E-state index in [1.165, 1.54) is 11.1 Å². The van der Waals surface area contributed by atoms with Gasteiger partial charge in [-0.1, -0.05) is 0 Å². The predicted molar refractivity (Wildman–Crippen MR) is 134 cm³/mol. The normalized spacial score (nSPS) is 22.1. The number of hydrogen-bond donors (Lipinski definition) is 2. The molecule has 1 aromatic carbocycles. The molecule has 2 aromatic rings. The lowest BCUT2D eigenvalue weighted by molar-refractivity contribution is -0.138. The van der Waals surface area contributed by atoms with Crippen LogP contribution < -0.4 is 25.6 Å². The van der Waals surface area contributed by atoms with Crippen molar-refractivity contribution in [2.24, 2.45) is 5.73 Å². The Balaban J connectivity index is 1.44. The molecule has 192 valence electrons. The van der Waals surface area contributed by atoms with Gasteiger partial charge in [0.1, 0.15) is 11.3 Å². The lowest BCUT2D eigenvalue weighted by atomic mass is 9.75. The molecular formula is C25H28F3N5O2S. The Hall–Kier alpha value is -2.76. The number of carbonyl (C=O) groups is 1. The van der Waals surface area contributed by atoms with Gasteiger partial charge in [-0.3, -0.25) is 14.7 Å². The number of alkyl halides is 3. The number of ether oxygens (including phenoxy) is 1. The number of pyridine rings is 1. The second-order valence-electron chi connectivity index (χ2n) is 9.45.